The Morgan fingerprint density at radius 2 is 1.67 bits per heavy atom. The van der Waals surface area contributed by atoms with Crippen molar-refractivity contribution in [1.82, 2.24) is 20.0 Å². The normalized spacial score (nSPS) is 25.6. The van der Waals surface area contributed by atoms with E-state index in [0.29, 0.717) is 12.4 Å². The van der Waals surface area contributed by atoms with E-state index in [0.717, 1.165) is 54.1 Å². The molecule has 212 valence electrons. The Morgan fingerprint density at radius 3 is 2.18 bits per heavy atom. The summed E-state index contributed by atoms with van der Waals surface area (Å²) in [6.45, 7) is 11.0. The van der Waals surface area contributed by atoms with Gasteiger partial charge in [-0.1, -0.05) is 34.6 Å². The van der Waals surface area contributed by atoms with Crippen LogP contribution in [0.4, 0.5) is 10.6 Å². The topological polar surface area (TPSA) is 88.5 Å². The minimum Gasteiger partial charge on any atom is -0.497 e. The third-order valence-electron chi connectivity index (χ3n) is 8.68. The lowest BCUT2D eigenvalue weighted by Crippen LogP contribution is -2.62. The first-order valence-electron chi connectivity index (χ1n) is 14.5. The van der Waals surface area contributed by atoms with E-state index < -0.39 is 0 Å². The Bertz CT molecular complexity index is 1160. The highest BCUT2D eigenvalue weighted by molar-refractivity contribution is 5.94. The quantitative estimate of drug-likeness (QED) is 0.450. The van der Waals surface area contributed by atoms with Gasteiger partial charge in [0, 0.05) is 23.6 Å². The Kier molecular flexibility index (Phi) is 7.42. The number of amides is 3. The number of aromatic nitrogens is 2. The number of urea groups is 1. The van der Waals surface area contributed by atoms with Crippen LogP contribution in [0, 0.1) is 23.7 Å². The van der Waals surface area contributed by atoms with Crippen LogP contribution < -0.4 is 15.4 Å². The fourth-order valence-corrected chi connectivity index (χ4v) is 7.34. The van der Waals surface area contributed by atoms with Gasteiger partial charge in [0.25, 0.3) is 0 Å². The summed E-state index contributed by atoms with van der Waals surface area (Å²) in [4.78, 5) is 28.8. The number of benzene rings is 1. The van der Waals surface area contributed by atoms with E-state index in [1.807, 2.05) is 30.3 Å². The number of ether oxygens (including phenoxy) is 1. The van der Waals surface area contributed by atoms with Crippen molar-refractivity contribution in [1.29, 1.82) is 0 Å². The maximum atomic E-state index is 13.6. The summed E-state index contributed by atoms with van der Waals surface area (Å²) in [6.07, 6.45) is 7.23. The van der Waals surface area contributed by atoms with Crippen LogP contribution in [-0.4, -0.2) is 52.4 Å². The van der Waals surface area contributed by atoms with Gasteiger partial charge in [0.05, 0.1) is 18.5 Å². The molecular formula is C31H45N5O3. The molecule has 0 radical (unpaired) electrons. The number of carbonyl (C=O) groups is 2. The van der Waals surface area contributed by atoms with Crippen LogP contribution in [0.1, 0.15) is 78.8 Å². The molecule has 1 heterocycles. The summed E-state index contributed by atoms with van der Waals surface area (Å²) in [5, 5.41) is 11.3. The van der Waals surface area contributed by atoms with Crippen LogP contribution in [-0.2, 0) is 10.2 Å². The zero-order valence-electron chi connectivity index (χ0n) is 24.4. The minimum atomic E-state index is -0.230. The molecule has 0 atom stereocenters. The van der Waals surface area contributed by atoms with Crippen LogP contribution in [0.5, 0.6) is 5.75 Å². The van der Waals surface area contributed by atoms with Gasteiger partial charge in [-0.15, -0.1) is 0 Å². The van der Waals surface area contributed by atoms with Gasteiger partial charge in [-0.3, -0.25) is 4.79 Å². The molecule has 6 rings (SSSR count). The average Bonchev–Trinajstić information content (AvgIpc) is 3.26. The highest BCUT2D eigenvalue weighted by Gasteiger charge is 2.51. The Hall–Kier alpha value is -3.03. The van der Waals surface area contributed by atoms with Crippen molar-refractivity contribution in [3.63, 3.8) is 0 Å². The summed E-state index contributed by atoms with van der Waals surface area (Å²) in [5.74, 6) is 3.59. The van der Waals surface area contributed by atoms with Gasteiger partial charge < -0.3 is 20.3 Å². The van der Waals surface area contributed by atoms with E-state index >= 15 is 0 Å². The fourth-order valence-electron chi connectivity index (χ4n) is 7.34. The van der Waals surface area contributed by atoms with Crippen LogP contribution >= 0.6 is 0 Å². The third kappa shape index (κ3) is 6.10. The van der Waals surface area contributed by atoms with Gasteiger partial charge in [0.1, 0.15) is 18.1 Å². The van der Waals surface area contributed by atoms with Crippen LogP contribution in [0.25, 0.3) is 5.69 Å². The molecule has 2 N–H and O–H groups in total. The van der Waals surface area contributed by atoms with Crippen molar-refractivity contribution in [2.45, 2.75) is 84.1 Å². The molecule has 0 aliphatic heterocycles. The number of methoxy groups -OCH3 is 1. The second-order valence-electron chi connectivity index (χ2n) is 13.7. The van der Waals surface area contributed by atoms with Gasteiger partial charge >= 0.3 is 6.03 Å². The largest absolute Gasteiger partial charge is 0.497 e. The van der Waals surface area contributed by atoms with Gasteiger partial charge in [0.15, 0.2) is 0 Å². The molecule has 0 unspecified atom stereocenters. The molecule has 4 fully saturated rings. The molecule has 8 heteroatoms. The lowest BCUT2D eigenvalue weighted by molar-refractivity contribution is -0.117. The lowest BCUT2D eigenvalue weighted by atomic mass is 9.53. The zero-order valence-corrected chi connectivity index (χ0v) is 24.4. The number of rotatable bonds is 8. The van der Waals surface area contributed by atoms with E-state index in [4.69, 9.17) is 9.84 Å². The van der Waals surface area contributed by atoms with Crippen molar-refractivity contribution in [2.24, 2.45) is 23.7 Å². The van der Waals surface area contributed by atoms with Crippen molar-refractivity contribution in [3.05, 3.63) is 36.0 Å². The predicted molar refractivity (Wildman–Crippen MR) is 153 cm³/mol. The Labute approximate surface area is 232 Å². The maximum Gasteiger partial charge on any atom is 0.318 e. The highest BCUT2D eigenvalue weighted by atomic mass is 16.5. The molecule has 39 heavy (non-hydrogen) atoms. The first-order valence-corrected chi connectivity index (χ1v) is 14.5. The molecule has 0 saturated heterocycles. The van der Waals surface area contributed by atoms with Gasteiger partial charge in [0.2, 0.25) is 5.91 Å². The van der Waals surface area contributed by atoms with Crippen LogP contribution in [0.3, 0.4) is 0 Å². The highest BCUT2D eigenvalue weighted by Crippen LogP contribution is 2.55. The predicted octanol–water partition coefficient (Wildman–Crippen LogP) is 5.75. The van der Waals surface area contributed by atoms with Gasteiger partial charge in [-0.2, -0.15) is 5.10 Å². The van der Waals surface area contributed by atoms with Crippen molar-refractivity contribution in [3.8, 4) is 11.4 Å². The van der Waals surface area contributed by atoms with Crippen molar-refractivity contribution >= 4 is 17.8 Å². The number of carbonyl (C=O) groups excluding carboxylic acids is 2. The molecule has 8 nitrogen and oxygen atoms in total. The number of hydrogen-bond acceptors (Lipinski definition) is 4. The second kappa shape index (κ2) is 10.5. The first-order chi connectivity index (χ1) is 18.4. The monoisotopic (exact) mass is 535 g/mol. The number of anilines is 1. The molecular weight excluding hydrogens is 490 g/mol. The maximum absolute atomic E-state index is 13.6. The summed E-state index contributed by atoms with van der Waals surface area (Å²) in [6, 6.07) is 9.39. The average molecular weight is 536 g/mol. The molecule has 4 aliphatic rings. The molecule has 4 bridgehead atoms. The van der Waals surface area contributed by atoms with E-state index in [-0.39, 0.29) is 35.4 Å². The standard InChI is InChI=1S/C31H45N5O3/c1-20(2)18-35(29(38)33-31-15-21-11-22(16-31)13-23(12-21)17-31)19-28(37)32-27-14-26(30(3,4)5)34-36(27)24-7-9-25(39-6)10-8-24/h7-10,14,20-23H,11-13,15-19H2,1-6H3,(H,32,37)(H,33,38). The molecule has 1 aromatic heterocycles. The first kappa shape index (κ1) is 27.5. The number of nitrogens with one attached hydrogen (secondary N) is 2. The second-order valence-corrected chi connectivity index (χ2v) is 13.7. The molecule has 2 aromatic rings. The Balaban J connectivity index is 1.32. The lowest BCUT2D eigenvalue weighted by Gasteiger charge is -2.57. The van der Waals surface area contributed by atoms with Crippen LogP contribution in [0.2, 0.25) is 0 Å². The molecule has 3 amide bonds. The van der Waals surface area contributed by atoms with E-state index in [1.165, 1.54) is 19.3 Å². The summed E-state index contributed by atoms with van der Waals surface area (Å²) < 4.78 is 7.05. The Morgan fingerprint density at radius 1 is 1.08 bits per heavy atom. The van der Waals surface area contributed by atoms with Gasteiger partial charge in [-0.25, -0.2) is 9.48 Å². The van der Waals surface area contributed by atoms with E-state index in [2.05, 4.69) is 45.3 Å². The molecule has 4 aliphatic carbocycles. The van der Waals surface area contributed by atoms with Gasteiger partial charge in [-0.05, 0) is 86.5 Å². The number of hydrogen-bond donors (Lipinski definition) is 2. The third-order valence-corrected chi connectivity index (χ3v) is 8.68. The SMILES string of the molecule is COc1ccc(-n2nc(C(C)(C)C)cc2NC(=O)CN(CC(C)C)C(=O)NC23CC4CC(CC(C4)C2)C3)cc1. The fraction of sp³-hybridized carbons (Fsp3) is 0.645. The van der Waals surface area contributed by atoms with E-state index in [1.54, 1.807) is 16.7 Å². The van der Waals surface area contributed by atoms with Crippen LogP contribution in [0.15, 0.2) is 30.3 Å². The van der Waals surface area contributed by atoms with E-state index in [9.17, 15) is 9.59 Å². The summed E-state index contributed by atoms with van der Waals surface area (Å²) >= 11 is 0. The smallest absolute Gasteiger partial charge is 0.318 e. The molecule has 4 saturated carbocycles. The van der Waals surface area contributed by atoms with Crippen molar-refractivity contribution < 1.29 is 14.3 Å². The number of nitrogens with zero attached hydrogens (tertiary/aromatic N) is 3. The summed E-state index contributed by atoms with van der Waals surface area (Å²) in [5.41, 5.74) is 1.40. The molecule has 1 aromatic carbocycles. The van der Waals surface area contributed by atoms with Crippen molar-refractivity contribution in [2.75, 3.05) is 25.5 Å². The summed E-state index contributed by atoms with van der Waals surface area (Å²) in [7, 11) is 1.63. The minimum absolute atomic E-state index is 0.00494. The zero-order chi connectivity index (χ0) is 27.9. The molecule has 0 spiro atoms.